The van der Waals surface area contributed by atoms with Gasteiger partial charge in [-0.1, -0.05) is 36.4 Å². The third-order valence-corrected chi connectivity index (χ3v) is 3.94. The van der Waals surface area contributed by atoms with Crippen LogP contribution in [0.15, 0.2) is 40.6 Å². The van der Waals surface area contributed by atoms with Crippen molar-refractivity contribution in [3.05, 3.63) is 41.7 Å². The van der Waals surface area contributed by atoms with Crippen LogP contribution in [0, 0.1) is 6.92 Å². The summed E-state index contributed by atoms with van der Waals surface area (Å²) in [7, 11) is 0. The maximum Gasteiger partial charge on any atom is 0.170 e. The summed E-state index contributed by atoms with van der Waals surface area (Å²) in [5, 5.41) is 0.921. The Kier molecular flexibility index (Phi) is 4.44. The number of aromatic amines is 1. The Labute approximate surface area is 112 Å². The lowest BCUT2D eigenvalue weighted by Crippen LogP contribution is -2.21. The smallest absolute Gasteiger partial charge is 0.170 e. The highest BCUT2D eigenvalue weighted by molar-refractivity contribution is 7.99. The first-order valence-corrected chi connectivity index (χ1v) is 7.03. The quantitative estimate of drug-likeness (QED) is 0.869. The van der Waals surface area contributed by atoms with Crippen LogP contribution in [0.4, 0.5) is 0 Å². The predicted octanol–water partition coefficient (Wildman–Crippen LogP) is 3.15. The molecule has 0 aliphatic carbocycles. The van der Waals surface area contributed by atoms with Gasteiger partial charge in [0.15, 0.2) is 5.16 Å². The molecule has 0 saturated heterocycles. The third kappa shape index (κ3) is 3.37. The van der Waals surface area contributed by atoms with Gasteiger partial charge < -0.3 is 10.7 Å². The van der Waals surface area contributed by atoms with Crippen LogP contribution < -0.4 is 5.73 Å². The van der Waals surface area contributed by atoms with Gasteiger partial charge in [0.05, 0.1) is 0 Å². The number of nitrogens with two attached hydrogens (primary N) is 1. The van der Waals surface area contributed by atoms with Crippen molar-refractivity contribution in [2.45, 2.75) is 42.8 Å². The normalized spacial score (nSPS) is 12.6. The van der Waals surface area contributed by atoms with Gasteiger partial charge in [0.25, 0.3) is 0 Å². The topological polar surface area (TPSA) is 54.7 Å². The van der Waals surface area contributed by atoms with Gasteiger partial charge in [0.2, 0.25) is 0 Å². The van der Waals surface area contributed by atoms with Gasteiger partial charge in [0.1, 0.15) is 0 Å². The van der Waals surface area contributed by atoms with Crippen LogP contribution in [0.3, 0.4) is 0 Å². The average Bonchev–Trinajstić information content (AvgIpc) is 2.85. The maximum absolute atomic E-state index is 6.06. The molecule has 18 heavy (non-hydrogen) atoms. The standard InChI is InChI=1S/C14H19N3S/c1-3-12(15)9-11-8-10(2)4-5-13(11)18-14-16-6-7-17-14/h4-8,12H,3,9,15H2,1-2H3,(H,16,17). The van der Waals surface area contributed by atoms with E-state index in [-0.39, 0.29) is 6.04 Å². The molecule has 0 fully saturated rings. The Morgan fingerprint density at radius 1 is 1.44 bits per heavy atom. The monoisotopic (exact) mass is 261 g/mol. The molecule has 2 rings (SSSR count). The molecule has 1 aromatic heterocycles. The summed E-state index contributed by atoms with van der Waals surface area (Å²) in [5.74, 6) is 0. The summed E-state index contributed by atoms with van der Waals surface area (Å²) in [5.41, 5.74) is 8.65. The van der Waals surface area contributed by atoms with Crippen LogP contribution in [-0.4, -0.2) is 16.0 Å². The second-order valence-corrected chi connectivity index (χ2v) is 5.51. The molecule has 0 aliphatic rings. The minimum absolute atomic E-state index is 0.225. The van der Waals surface area contributed by atoms with Crippen LogP contribution in [0.2, 0.25) is 0 Å². The number of hydrogen-bond donors (Lipinski definition) is 2. The Balaban J connectivity index is 2.22. The van der Waals surface area contributed by atoms with Gasteiger partial charge in [-0.2, -0.15) is 0 Å². The van der Waals surface area contributed by atoms with Crippen molar-refractivity contribution >= 4 is 11.8 Å². The van der Waals surface area contributed by atoms with Crippen LogP contribution in [0.25, 0.3) is 0 Å². The zero-order valence-electron chi connectivity index (χ0n) is 10.8. The maximum atomic E-state index is 6.06. The van der Waals surface area contributed by atoms with E-state index in [1.807, 2.05) is 6.20 Å². The molecular formula is C14H19N3S. The fourth-order valence-corrected chi connectivity index (χ4v) is 2.66. The van der Waals surface area contributed by atoms with Crippen molar-refractivity contribution in [2.75, 3.05) is 0 Å². The number of hydrogen-bond acceptors (Lipinski definition) is 3. The van der Waals surface area contributed by atoms with Crippen LogP contribution in [-0.2, 0) is 6.42 Å². The first kappa shape index (κ1) is 13.2. The van der Waals surface area contributed by atoms with Crippen molar-refractivity contribution in [3.63, 3.8) is 0 Å². The fraction of sp³-hybridized carbons (Fsp3) is 0.357. The van der Waals surface area contributed by atoms with Gasteiger partial charge in [-0.15, -0.1) is 0 Å². The van der Waals surface area contributed by atoms with Gasteiger partial charge in [0, 0.05) is 23.3 Å². The molecule has 0 radical (unpaired) electrons. The molecule has 2 aromatic rings. The van der Waals surface area contributed by atoms with E-state index < -0.39 is 0 Å². The lowest BCUT2D eigenvalue weighted by Gasteiger charge is -2.13. The first-order chi connectivity index (χ1) is 8.69. The number of aromatic nitrogens is 2. The third-order valence-electron chi connectivity index (χ3n) is 2.90. The van der Waals surface area contributed by atoms with Crippen molar-refractivity contribution in [1.82, 2.24) is 9.97 Å². The van der Waals surface area contributed by atoms with E-state index in [0.717, 1.165) is 18.0 Å². The summed E-state index contributed by atoms with van der Waals surface area (Å²) in [6.07, 6.45) is 5.53. The zero-order valence-corrected chi connectivity index (χ0v) is 11.6. The molecular weight excluding hydrogens is 242 g/mol. The summed E-state index contributed by atoms with van der Waals surface area (Å²) >= 11 is 1.66. The molecule has 1 unspecified atom stereocenters. The van der Waals surface area contributed by atoms with E-state index in [1.165, 1.54) is 16.0 Å². The van der Waals surface area contributed by atoms with Gasteiger partial charge >= 0.3 is 0 Å². The van der Waals surface area contributed by atoms with Gasteiger partial charge in [-0.25, -0.2) is 4.98 Å². The molecule has 0 amide bonds. The molecule has 3 N–H and O–H groups in total. The van der Waals surface area contributed by atoms with E-state index in [4.69, 9.17) is 5.73 Å². The van der Waals surface area contributed by atoms with Crippen molar-refractivity contribution in [3.8, 4) is 0 Å². The predicted molar refractivity (Wildman–Crippen MR) is 75.9 cm³/mol. The highest BCUT2D eigenvalue weighted by Gasteiger charge is 2.09. The van der Waals surface area contributed by atoms with E-state index in [0.29, 0.717) is 0 Å². The summed E-state index contributed by atoms with van der Waals surface area (Å²) in [6.45, 7) is 4.24. The lowest BCUT2D eigenvalue weighted by molar-refractivity contribution is 0.641. The summed E-state index contributed by atoms with van der Waals surface area (Å²) < 4.78 is 0. The van der Waals surface area contributed by atoms with Gasteiger partial charge in [-0.3, -0.25) is 0 Å². The van der Waals surface area contributed by atoms with E-state index in [1.54, 1.807) is 18.0 Å². The first-order valence-electron chi connectivity index (χ1n) is 6.21. The number of imidazole rings is 1. The van der Waals surface area contributed by atoms with E-state index in [2.05, 4.69) is 42.0 Å². The minimum Gasteiger partial charge on any atom is -0.339 e. The Hall–Kier alpha value is -1.26. The number of H-pyrrole nitrogens is 1. The molecule has 1 heterocycles. The van der Waals surface area contributed by atoms with Crippen LogP contribution >= 0.6 is 11.8 Å². The second-order valence-electron chi connectivity index (χ2n) is 4.48. The van der Waals surface area contributed by atoms with Crippen LogP contribution in [0.1, 0.15) is 24.5 Å². The second kappa shape index (κ2) is 6.07. The number of benzene rings is 1. The lowest BCUT2D eigenvalue weighted by atomic mass is 10.0. The minimum atomic E-state index is 0.225. The van der Waals surface area contributed by atoms with E-state index >= 15 is 0 Å². The molecule has 3 nitrogen and oxygen atoms in total. The molecule has 1 aromatic carbocycles. The Morgan fingerprint density at radius 3 is 2.94 bits per heavy atom. The Bertz CT molecular complexity index is 494. The fourth-order valence-electron chi connectivity index (χ4n) is 1.80. The SMILES string of the molecule is CCC(N)Cc1cc(C)ccc1Sc1ncc[nH]1. The number of nitrogens with one attached hydrogen (secondary N) is 1. The van der Waals surface area contributed by atoms with Crippen molar-refractivity contribution < 1.29 is 0 Å². The number of rotatable bonds is 5. The van der Waals surface area contributed by atoms with E-state index in [9.17, 15) is 0 Å². The molecule has 0 spiro atoms. The summed E-state index contributed by atoms with van der Waals surface area (Å²) in [4.78, 5) is 8.60. The molecule has 96 valence electrons. The summed E-state index contributed by atoms with van der Waals surface area (Å²) in [6, 6.07) is 6.73. The number of nitrogens with zero attached hydrogens (tertiary/aromatic N) is 1. The molecule has 0 bridgehead atoms. The van der Waals surface area contributed by atoms with Crippen LogP contribution in [0.5, 0.6) is 0 Å². The average molecular weight is 261 g/mol. The highest BCUT2D eigenvalue weighted by Crippen LogP contribution is 2.29. The van der Waals surface area contributed by atoms with Gasteiger partial charge in [-0.05, 0) is 31.4 Å². The molecule has 0 saturated carbocycles. The molecule has 4 heteroatoms. The van der Waals surface area contributed by atoms with Crippen molar-refractivity contribution in [1.29, 1.82) is 0 Å². The molecule has 1 atom stereocenters. The highest BCUT2D eigenvalue weighted by atomic mass is 32.2. The van der Waals surface area contributed by atoms with Crippen molar-refractivity contribution in [2.24, 2.45) is 5.73 Å². The largest absolute Gasteiger partial charge is 0.339 e. The Morgan fingerprint density at radius 2 is 2.28 bits per heavy atom. The molecule has 0 aliphatic heterocycles. The zero-order chi connectivity index (χ0) is 13.0. The number of aryl methyl sites for hydroxylation is 1.